The molecule has 90 valence electrons. The number of ether oxygens (including phenoxy) is 1. The molecule has 0 fully saturated rings. The van der Waals surface area contributed by atoms with Crippen LogP contribution in [0, 0.1) is 5.92 Å². The van der Waals surface area contributed by atoms with Gasteiger partial charge < -0.3 is 4.74 Å². The van der Waals surface area contributed by atoms with Crippen LogP contribution in [0.25, 0.3) is 0 Å². The summed E-state index contributed by atoms with van der Waals surface area (Å²) in [5, 5.41) is 0. The quantitative estimate of drug-likeness (QED) is 0.575. The molecule has 0 aliphatic carbocycles. The average Bonchev–Trinajstić information content (AvgIpc) is 1.96. The van der Waals surface area contributed by atoms with Crippen molar-refractivity contribution in [3.63, 3.8) is 0 Å². The summed E-state index contributed by atoms with van der Waals surface area (Å²) in [5.74, 6) is -1.32. The second-order valence-corrected chi connectivity index (χ2v) is 5.67. The van der Waals surface area contributed by atoms with E-state index in [1.54, 1.807) is 6.92 Å². The Balaban J connectivity index is 4.45. The summed E-state index contributed by atoms with van der Waals surface area (Å²) >= 11 is 0. The molecule has 0 spiro atoms. The molecular weight excluding hydrogens is 220 g/mol. The lowest BCUT2D eigenvalue weighted by molar-refractivity contribution is -0.159. The summed E-state index contributed by atoms with van der Waals surface area (Å²) in [7, 11) is -4.14. The largest absolute Gasteiger partial charge is 0.458 e. The average molecular weight is 238 g/mol. The molecule has 0 radical (unpaired) electrons. The van der Waals surface area contributed by atoms with Gasteiger partial charge >= 0.3 is 5.97 Å². The van der Waals surface area contributed by atoms with Crippen LogP contribution in [0.5, 0.6) is 0 Å². The van der Waals surface area contributed by atoms with E-state index in [1.165, 1.54) is 13.8 Å². The SMILES string of the molecule is CCC(C)C(=O)OC(C)(C)CS(=O)(=O)O. The van der Waals surface area contributed by atoms with Gasteiger partial charge in [0.05, 0.1) is 5.92 Å². The molecule has 0 aromatic heterocycles. The Bertz CT molecular complexity index is 317. The topological polar surface area (TPSA) is 80.7 Å². The third-order valence-corrected chi connectivity index (χ3v) is 2.98. The molecule has 0 heterocycles. The van der Waals surface area contributed by atoms with Crippen molar-refractivity contribution in [2.24, 2.45) is 5.92 Å². The Morgan fingerprint density at radius 2 is 1.93 bits per heavy atom. The van der Waals surface area contributed by atoms with Crippen LogP contribution < -0.4 is 0 Å². The standard InChI is InChI=1S/C9H18O5S/c1-5-7(2)8(10)14-9(3,4)6-15(11,12)13/h7H,5-6H2,1-4H3,(H,11,12,13). The minimum absolute atomic E-state index is 0.273. The third kappa shape index (κ3) is 6.46. The molecule has 1 N–H and O–H groups in total. The highest BCUT2D eigenvalue weighted by Gasteiger charge is 2.30. The lowest BCUT2D eigenvalue weighted by Crippen LogP contribution is -2.37. The highest BCUT2D eigenvalue weighted by molar-refractivity contribution is 7.85. The van der Waals surface area contributed by atoms with E-state index >= 15 is 0 Å². The summed E-state index contributed by atoms with van der Waals surface area (Å²) in [6.07, 6.45) is 0.626. The Hall–Kier alpha value is -0.620. The first-order chi connectivity index (χ1) is 6.57. The lowest BCUT2D eigenvalue weighted by atomic mass is 10.1. The van der Waals surface area contributed by atoms with Gasteiger partial charge in [-0.05, 0) is 20.3 Å². The van der Waals surface area contributed by atoms with Gasteiger partial charge in [0.1, 0.15) is 11.4 Å². The Kier molecular flexibility index (Phi) is 4.73. The normalized spacial score (nSPS) is 14.7. The van der Waals surface area contributed by atoms with Crippen LogP contribution in [-0.2, 0) is 19.6 Å². The number of rotatable bonds is 5. The van der Waals surface area contributed by atoms with Crippen molar-refractivity contribution in [1.29, 1.82) is 0 Å². The highest BCUT2D eigenvalue weighted by Crippen LogP contribution is 2.15. The zero-order valence-electron chi connectivity index (χ0n) is 9.48. The van der Waals surface area contributed by atoms with Crippen LogP contribution >= 0.6 is 0 Å². The van der Waals surface area contributed by atoms with Crippen molar-refractivity contribution in [3.8, 4) is 0 Å². The monoisotopic (exact) mass is 238 g/mol. The predicted octanol–water partition coefficient (Wildman–Crippen LogP) is 1.24. The van der Waals surface area contributed by atoms with E-state index < -0.39 is 27.4 Å². The molecule has 15 heavy (non-hydrogen) atoms. The first-order valence-corrected chi connectivity index (χ1v) is 6.36. The molecule has 0 aromatic rings. The molecule has 0 saturated heterocycles. The molecule has 0 aliphatic rings. The zero-order valence-corrected chi connectivity index (χ0v) is 10.3. The maximum atomic E-state index is 11.4. The van der Waals surface area contributed by atoms with E-state index in [2.05, 4.69) is 0 Å². The molecule has 0 amide bonds. The van der Waals surface area contributed by atoms with Crippen molar-refractivity contribution in [2.45, 2.75) is 39.7 Å². The van der Waals surface area contributed by atoms with Gasteiger partial charge in [-0.2, -0.15) is 8.42 Å². The van der Waals surface area contributed by atoms with Crippen molar-refractivity contribution in [1.82, 2.24) is 0 Å². The number of esters is 1. The van der Waals surface area contributed by atoms with E-state index in [0.717, 1.165) is 0 Å². The second-order valence-electron chi connectivity index (χ2n) is 4.22. The van der Waals surface area contributed by atoms with E-state index in [1.807, 2.05) is 6.92 Å². The van der Waals surface area contributed by atoms with E-state index in [4.69, 9.17) is 9.29 Å². The van der Waals surface area contributed by atoms with Crippen LogP contribution in [0.2, 0.25) is 0 Å². The van der Waals surface area contributed by atoms with Crippen molar-refractivity contribution >= 4 is 16.1 Å². The molecule has 0 aliphatic heterocycles. The number of carbonyl (C=O) groups is 1. The molecule has 0 rings (SSSR count). The summed E-state index contributed by atoms with van der Waals surface area (Å²) in [6, 6.07) is 0. The first-order valence-electron chi connectivity index (χ1n) is 4.75. The highest BCUT2D eigenvalue weighted by atomic mass is 32.2. The summed E-state index contributed by atoms with van der Waals surface area (Å²) in [6.45, 7) is 6.43. The van der Waals surface area contributed by atoms with Crippen LogP contribution in [0.15, 0.2) is 0 Å². The van der Waals surface area contributed by atoms with E-state index in [0.29, 0.717) is 6.42 Å². The molecular formula is C9H18O5S. The van der Waals surface area contributed by atoms with Crippen LogP contribution in [-0.4, -0.2) is 30.3 Å². The Morgan fingerprint density at radius 1 is 1.47 bits per heavy atom. The maximum Gasteiger partial charge on any atom is 0.309 e. The number of hydrogen-bond acceptors (Lipinski definition) is 4. The molecule has 0 bridgehead atoms. The van der Waals surface area contributed by atoms with Gasteiger partial charge in [-0.15, -0.1) is 0 Å². The van der Waals surface area contributed by atoms with Gasteiger partial charge in [-0.25, -0.2) is 0 Å². The van der Waals surface area contributed by atoms with Crippen LogP contribution in [0.1, 0.15) is 34.1 Å². The van der Waals surface area contributed by atoms with Crippen molar-refractivity contribution < 1.29 is 22.5 Å². The van der Waals surface area contributed by atoms with Gasteiger partial charge in [0.2, 0.25) is 0 Å². The fraction of sp³-hybridized carbons (Fsp3) is 0.889. The smallest absolute Gasteiger partial charge is 0.309 e. The molecule has 1 unspecified atom stereocenters. The van der Waals surface area contributed by atoms with E-state index in [-0.39, 0.29) is 5.92 Å². The summed E-state index contributed by atoms with van der Waals surface area (Å²) < 4.78 is 34.9. The maximum absolute atomic E-state index is 11.4. The molecule has 6 heteroatoms. The predicted molar refractivity (Wildman–Crippen MR) is 56.0 cm³/mol. The molecule has 0 saturated carbocycles. The first kappa shape index (κ1) is 14.4. The van der Waals surface area contributed by atoms with Gasteiger partial charge in [0.15, 0.2) is 0 Å². The molecule has 1 atom stereocenters. The summed E-state index contributed by atoms with van der Waals surface area (Å²) in [5.41, 5.74) is -1.20. The molecule has 5 nitrogen and oxygen atoms in total. The van der Waals surface area contributed by atoms with Gasteiger partial charge in [-0.1, -0.05) is 13.8 Å². The summed E-state index contributed by atoms with van der Waals surface area (Å²) in [4.78, 5) is 11.4. The van der Waals surface area contributed by atoms with Gasteiger partial charge in [-0.3, -0.25) is 9.35 Å². The van der Waals surface area contributed by atoms with Crippen LogP contribution in [0.4, 0.5) is 0 Å². The fourth-order valence-corrected chi connectivity index (χ4v) is 1.95. The Labute approximate surface area is 90.6 Å². The van der Waals surface area contributed by atoms with Gasteiger partial charge in [0, 0.05) is 0 Å². The van der Waals surface area contributed by atoms with Crippen molar-refractivity contribution in [3.05, 3.63) is 0 Å². The number of carbonyl (C=O) groups excluding carboxylic acids is 1. The lowest BCUT2D eigenvalue weighted by Gasteiger charge is -2.25. The minimum atomic E-state index is -4.14. The molecule has 0 aromatic carbocycles. The number of hydrogen-bond donors (Lipinski definition) is 1. The van der Waals surface area contributed by atoms with Gasteiger partial charge in [0.25, 0.3) is 10.1 Å². The van der Waals surface area contributed by atoms with Crippen LogP contribution in [0.3, 0.4) is 0 Å². The third-order valence-electron chi connectivity index (χ3n) is 1.92. The second kappa shape index (κ2) is 4.94. The minimum Gasteiger partial charge on any atom is -0.458 e. The fourth-order valence-electron chi connectivity index (χ4n) is 1.01. The zero-order chi connectivity index (χ0) is 12.3. The van der Waals surface area contributed by atoms with Crippen molar-refractivity contribution in [2.75, 3.05) is 5.75 Å². The van der Waals surface area contributed by atoms with E-state index in [9.17, 15) is 13.2 Å². The Morgan fingerprint density at radius 3 is 2.27 bits per heavy atom.